The maximum atomic E-state index is 12.1. The molecule has 6 heteroatoms. The molecule has 0 unspecified atom stereocenters. The van der Waals surface area contributed by atoms with Gasteiger partial charge >= 0.3 is 5.97 Å². The van der Waals surface area contributed by atoms with Crippen molar-refractivity contribution in [1.82, 2.24) is 0 Å². The number of phenolic OH excluding ortho intramolecular Hbond substituents is 1. The second-order valence-electron chi connectivity index (χ2n) is 4.38. The SMILES string of the molecule is O=C(O)Cc1ccc(O)c(NC(=O)c2ccc(Br)cc2)c1. The van der Waals surface area contributed by atoms with Gasteiger partial charge in [-0.25, -0.2) is 0 Å². The fourth-order valence-corrected chi connectivity index (χ4v) is 2.03. The topological polar surface area (TPSA) is 86.6 Å². The van der Waals surface area contributed by atoms with E-state index in [1.165, 1.54) is 18.2 Å². The van der Waals surface area contributed by atoms with Gasteiger partial charge < -0.3 is 15.5 Å². The molecule has 1 amide bonds. The van der Waals surface area contributed by atoms with Gasteiger partial charge in [0.15, 0.2) is 0 Å². The highest BCUT2D eigenvalue weighted by molar-refractivity contribution is 9.10. The molecule has 108 valence electrons. The van der Waals surface area contributed by atoms with E-state index in [0.717, 1.165) is 4.47 Å². The van der Waals surface area contributed by atoms with Gasteiger partial charge in [-0.3, -0.25) is 9.59 Å². The minimum absolute atomic E-state index is 0.116. The van der Waals surface area contributed by atoms with Gasteiger partial charge in [0.2, 0.25) is 0 Å². The van der Waals surface area contributed by atoms with Crippen LogP contribution in [0.5, 0.6) is 5.75 Å². The van der Waals surface area contributed by atoms with Gasteiger partial charge in [-0.05, 0) is 42.0 Å². The number of aromatic hydroxyl groups is 1. The van der Waals surface area contributed by atoms with Crippen molar-refractivity contribution in [1.29, 1.82) is 0 Å². The summed E-state index contributed by atoms with van der Waals surface area (Å²) in [5.41, 5.74) is 1.11. The molecule has 2 aromatic carbocycles. The number of carboxylic acids is 1. The van der Waals surface area contributed by atoms with Crippen LogP contribution in [0.1, 0.15) is 15.9 Å². The zero-order valence-corrected chi connectivity index (χ0v) is 12.4. The largest absolute Gasteiger partial charge is 0.506 e. The quantitative estimate of drug-likeness (QED) is 0.740. The number of carboxylic acid groups (broad SMARTS) is 1. The smallest absolute Gasteiger partial charge is 0.307 e. The molecule has 0 aliphatic carbocycles. The Balaban J connectivity index is 2.20. The van der Waals surface area contributed by atoms with Gasteiger partial charge in [-0.2, -0.15) is 0 Å². The Hall–Kier alpha value is -2.34. The Kier molecular flexibility index (Phi) is 4.59. The summed E-state index contributed by atoms with van der Waals surface area (Å²) in [6.45, 7) is 0. The number of anilines is 1. The number of aliphatic carboxylic acids is 1. The third-order valence-electron chi connectivity index (χ3n) is 2.77. The van der Waals surface area contributed by atoms with Crippen LogP contribution in [0.15, 0.2) is 46.9 Å². The Morgan fingerprint density at radius 3 is 2.38 bits per heavy atom. The van der Waals surface area contributed by atoms with Crippen molar-refractivity contribution in [3.05, 3.63) is 58.1 Å². The molecule has 0 spiro atoms. The summed E-state index contributed by atoms with van der Waals surface area (Å²) in [5.74, 6) is -1.48. The number of carbonyl (C=O) groups is 2. The lowest BCUT2D eigenvalue weighted by molar-refractivity contribution is -0.136. The van der Waals surface area contributed by atoms with Crippen molar-refractivity contribution in [3.8, 4) is 5.75 Å². The molecule has 21 heavy (non-hydrogen) atoms. The van der Waals surface area contributed by atoms with Crippen LogP contribution in [0, 0.1) is 0 Å². The fourth-order valence-electron chi connectivity index (χ4n) is 1.76. The third-order valence-corrected chi connectivity index (χ3v) is 3.30. The molecule has 0 bridgehead atoms. The molecule has 0 heterocycles. The minimum atomic E-state index is -0.981. The van der Waals surface area contributed by atoms with Crippen molar-refractivity contribution in [2.24, 2.45) is 0 Å². The number of halogens is 1. The number of nitrogens with one attached hydrogen (secondary N) is 1. The van der Waals surface area contributed by atoms with Crippen LogP contribution in [0.25, 0.3) is 0 Å². The van der Waals surface area contributed by atoms with Gasteiger partial charge in [0.05, 0.1) is 12.1 Å². The average Bonchev–Trinajstić information content (AvgIpc) is 2.42. The molecular formula is C15H12BrNO4. The van der Waals surface area contributed by atoms with E-state index in [2.05, 4.69) is 21.2 Å². The van der Waals surface area contributed by atoms with Crippen LogP contribution < -0.4 is 5.32 Å². The number of benzene rings is 2. The zero-order valence-electron chi connectivity index (χ0n) is 10.8. The van der Waals surface area contributed by atoms with E-state index in [1.54, 1.807) is 24.3 Å². The minimum Gasteiger partial charge on any atom is -0.506 e. The number of phenols is 1. The normalized spacial score (nSPS) is 10.1. The van der Waals surface area contributed by atoms with E-state index in [1.807, 2.05) is 0 Å². The Morgan fingerprint density at radius 1 is 1.10 bits per heavy atom. The number of hydrogen-bond donors (Lipinski definition) is 3. The highest BCUT2D eigenvalue weighted by Crippen LogP contribution is 2.25. The molecule has 5 nitrogen and oxygen atoms in total. The monoisotopic (exact) mass is 349 g/mol. The molecule has 0 saturated carbocycles. The summed E-state index contributed by atoms with van der Waals surface area (Å²) in [6, 6.07) is 11.0. The number of hydrogen-bond acceptors (Lipinski definition) is 3. The van der Waals surface area contributed by atoms with Crippen molar-refractivity contribution in [2.45, 2.75) is 6.42 Å². The van der Waals surface area contributed by atoms with Crippen molar-refractivity contribution in [3.63, 3.8) is 0 Å². The standard InChI is InChI=1S/C15H12BrNO4/c16-11-4-2-10(3-5-11)15(21)17-12-7-9(8-14(19)20)1-6-13(12)18/h1-7,18H,8H2,(H,17,21)(H,19,20). The molecule has 2 rings (SSSR count). The lowest BCUT2D eigenvalue weighted by Crippen LogP contribution is -2.12. The predicted molar refractivity (Wildman–Crippen MR) is 81.5 cm³/mol. The predicted octanol–water partition coefficient (Wildman–Crippen LogP) is 3.03. The summed E-state index contributed by atoms with van der Waals surface area (Å²) in [5, 5.41) is 21.1. The third kappa shape index (κ3) is 4.06. The number of amides is 1. The van der Waals surface area contributed by atoms with Crippen LogP contribution in [0.2, 0.25) is 0 Å². The van der Waals surface area contributed by atoms with E-state index in [9.17, 15) is 14.7 Å². The Morgan fingerprint density at radius 2 is 1.76 bits per heavy atom. The maximum absolute atomic E-state index is 12.1. The summed E-state index contributed by atoms with van der Waals surface area (Å²) >= 11 is 3.28. The molecule has 0 saturated heterocycles. The van der Waals surface area contributed by atoms with Crippen molar-refractivity contribution < 1.29 is 19.8 Å². The lowest BCUT2D eigenvalue weighted by Gasteiger charge is -2.09. The zero-order chi connectivity index (χ0) is 15.4. The van der Waals surface area contributed by atoms with E-state index in [-0.39, 0.29) is 23.8 Å². The van der Waals surface area contributed by atoms with E-state index in [4.69, 9.17) is 5.11 Å². The van der Waals surface area contributed by atoms with Crippen LogP contribution in [0.3, 0.4) is 0 Å². The molecule has 0 radical (unpaired) electrons. The van der Waals surface area contributed by atoms with Gasteiger partial charge in [0.1, 0.15) is 5.75 Å². The molecular weight excluding hydrogens is 338 g/mol. The number of rotatable bonds is 4. The summed E-state index contributed by atoms with van der Waals surface area (Å²) in [7, 11) is 0. The van der Waals surface area contributed by atoms with Crippen molar-refractivity contribution >= 4 is 33.5 Å². The lowest BCUT2D eigenvalue weighted by atomic mass is 10.1. The first-order chi connectivity index (χ1) is 9.95. The Bertz CT molecular complexity index is 683. The van der Waals surface area contributed by atoms with E-state index in [0.29, 0.717) is 11.1 Å². The highest BCUT2D eigenvalue weighted by atomic mass is 79.9. The second kappa shape index (κ2) is 6.41. The molecule has 0 aliphatic rings. The number of carbonyl (C=O) groups excluding carboxylic acids is 1. The molecule has 0 aliphatic heterocycles. The fraction of sp³-hybridized carbons (Fsp3) is 0.0667. The van der Waals surface area contributed by atoms with E-state index < -0.39 is 5.97 Å². The van der Waals surface area contributed by atoms with E-state index >= 15 is 0 Å². The first kappa shape index (κ1) is 15.1. The van der Waals surface area contributed by atoms with Gasteiger partial charge in [0, 0.05) is 10.0 Å². The maximum Gasteiger partial charge on any atom is 0.307 e. The highest BCUT2D eigenvalue weighted by Gasteiger charge is 2.10. The Labute approximate surface area is 129 Å². The summed E-state index contributed by atoms with van der Waals surface area (Å²) < 4.78 is 0.852. The molecule has 0 fully saturated rings. The van der Waals surface area contributed by atoms with Crippen LogP contribution in [-0.2, 0) is 11.2 Å². The van der Waals surface area contributed by atoms with Crippen LogP contribution in [0.4, 0.5) is 5.69 Å². The van der Waals surface area contributed by atoms with Gasteiger partial charge in [0.25, 0.3) is 5.91 Å². The molecule has 0 aromatic heterocycles. The van der Waals surface area contributed by atoms with Crippen LogP contribution >= 0.6 is 15.9 Å². The summed E-state index contributed by atoms with van der Waals surface area (Å²) in [6.07, 6.45) is -0.179. The first-order valence-corrected chi connectivity index (χ1v) is 6.85. The van der Waals surface area contributed by atoms with Crippen LogP contribution in [-0.4, -0.2) is 22.1 Å². The molecule has 2 aromatic rings. The molecule has 0 atom stereocenters. The van der Waals surface area contributed by atoms with Gasteiger partial charge in [-0.15, -0.1) is 0 Å². The average molecular weight is 350 g/mol. The van der Waals surface area contributed by atoms with Gasteiger partial charge in [-0.1, -0.05) is 22.0 Å². The van der Waals surface area contributed by atoms with Crippen molar-refractivity contribution in [2.75, 3.05) is 5.32 Å². The summed E-state index contributed by atoms with van der Waals surface area (Å²) in [4.78, 5) is 22.7. The second-order valence-corrected chi connectivity index (χ2v) is 5.30. The molecule has 3 N–H and O–H groups in total. The first-order valence-electron chi connectivity index (χ1n) is 6.06.